The molecule has 2 heterocycles. The van der Waals surface area contributed by atoms with E-state index in [1.165, 1.54) is 97.3 Å². The summed E-state index contributed by atoms with van der Waals surface area (Å²) in [6.07, 6.45) is 9.26. The van der Waals surface area contributed by atoms with Gasteiger partial charge in [-0.3, -0.25) is 4.99 Å². The van der Waals surface area contributed by atoms with E-state index in [0.717, 1.165) is 19.0 Å². The van der Waals surface area contributed by atoms with E-state index < -0.39 is 0 Å². The monoisotopic (exact) mass is 366 g/mol. The molecule has 0 aromatic carbocycles. The third-order valence-electron chi connectivity index (χ3n) is 5.62. The number of nitrogens with one attached hydrogen (secondary N) is 2. The van der Waals surface area contributed by atoms with Gasteiger partial charge < -0.3 is 25.3 Å². The minimum Gasteiger partial charge on any atom is -0.356 e. The van der Waals surface area contributed by atoms with Gasteiger partial charge in [-0.25, -0.2) is 0 Å². The van der Waals surface area contributed by atoms with Crippen molar-refractivity contribution < 1.29 is 0 Å². The van der Waals surface area contributed by atoms with E-state index in [1.807, 2.05) is 7.05 Å². The SMILES string of the molecule is CN=C(NCCCN1CCCCCC1)NCCCN1CCCN(C)CC1. The topological polar surface area (TPSA) is 46.1 Å². The first-order valence-corrected chi connectivity index (χ1v) is 10.9. The lowest BCUT2D eigenvalue weighted by Gasteiger charge is -2.21. The van der Waals surface area contributed by atoms with Crippen molar-refractivity contribution in [2.24, 2.45) is 4.99 Å². The highest BCUT2D eigenvalue weighted by Gasteiger charge is 2.11. The fourth-order valence-corrected chi connectivity index (χ4v) is 3.92. The fraction of sp³-hybridized carbons (Fsp3) is 0.950. The molecule has 0 saturated carbocycles. The Balaban J connectivity index is 1.49. The van der Waals surface area contributed by atoms with Crippen LogP contribution in [0.4, 0.5) is 0 Å². The van der Waals surface area contributed by atoms with E-state index in [2.05, 4.69) is 37.4 Å². The molecule has 6 heteroatoms. The minimum atomic E-state index is 0.955. The number of hydrogen-bond donors (Lipinski definition) is 2. The first kappa shape index (κ1) is 21.5. The molecule has 0 atom stereocenters. The molecule has 26 heavy (non-hydrogen) atoms. The second kappa shape index (κ2) is 13.3. The van der Waals surface area contributed by atoms with Gasteiger partial charge in [0.1, 0.15) is 0 Å². The Kier molecular flexibility index (Phi) is 11.0. The van der Waals surface area contributed by atoms with Crippen LogP contribution in [0, 0.1) is 0 Å². The summed E-state index contributed by atoms with van der Waals surface area (Å²) in [5, 5.41) is 6.94. The Morgan fingerprint density at radius 2 is 1.31 bits per heavy atom. The fourth-order valence-electron chi connectivity index (χ4n) is 3.92. The zero-order valence-corrected chi connectivity index (χ0v) is 17.3. The maximum absolute atomic E-state index is 4.36. The molecule has 2 aliphatic heterocycles. The van der Waals surface area contributed by atoms with Gasteiger partial charge in [0.2, 0.25) is 0 Å². The molecule has 2 saturated heterocycles. The predicted octanol–water partition coefficient (Wildman–Crippen LogP) is 1.45. The van der Waals surface area contributed by atoms with Gasteiger partial charge in [-0.1, -0.05) is 12.8 Å². The molecular weight excluding hydrogens is 324 g/mol. The molecule has 2 aliphatic rings. The predicted molar refractivity (Wildman–Crippen MR) is 112 cm³/mol. The van der Waals surface area contributed by atoms with Gasteiger partial charge in [-0.2, -0.15) is 0 Å². The molecule has 0 amide bonds. The normalized spacial score (nSPS) is 22.0. The van der Waals surface area contributed by atoms with E-state index in [9.17, 15) is 0 Å². The van der Waals surface area contributed by atoms with E-state index in [4.69, 9.17) is 0 Å². The highest BCUT2D eigenvalue weighted by atomic mass is 15.2. The third kappa shape index (κ3) is 9.19. The summed E-state index contributed by atoms with van der Waals surface area (Å²) >= 11 is 0. The van der Waals surface area contributed by atoms with Crippen molar-refractivity contribution in [3.05, 3.63) is 0 Å². The van der Waals surface area contributed by atoms with Gasteiger partial charge in [-0.05, 0) is 78.4 Å². The maximum Gasteiger partial charge on any atom is 0.190 e. The van der Waals surface area contributed by atoms with Crippen molar-refractivity contribution in [1.82, 2.24) is 25.3 Å². The molecule has 0 unspecified atom stereocenters. The number of aliphatic imine (C=N–C) groups is 1. The Hall–Kier alpha value is -0.850. The van der Waals surface area contributed by atoms with E-state index in [0.29, 0.717) is 0 Å². The number of rotatable bonds is 8. The van der Waals surface area contributed by atoms with Crippen LogP contribution >= 0.6 is 0 Å². The first-order valence-electron chi connectivity index (χ1n) is 10.9. The summed E-state index contributed by atoms with van der Waals surface area (Å²) in [4.78, 5) is 12.0. The molecule has 152 valence electrons. The van der Waals surface area contributed by atoms with Gasteiger partial charge in [-0.15, -0.1) is 0 Å². The number of guanidine groups is 1. The molecule has 2 fully saturated rings. The molecular formula is C20H42N6. The van der Waals surface area contributed by atoms with E-state index in [1.54, 1.807) is 0 Å². The lowest BCUT2D eigenvalue weighted by molar-refractivity contribution is 0.273. The second-order valence-electron chi connectivity index (χ2n) is 7.89. The van der Waals surface area contributed by atoms with Crippen molar-refractivity contribution in [2.75, 3.05) is 79.5 Å². The van der Waals surface area contributed by atoms with Crippen LogP contribution in [-0.2, 0) is 0 Å². The standard InChI is InChI=1S/C20H42N6/c1-21-20(22-10-7-15-25-13-5-3-4-6-14-25)23-11-8-16-26-17-9-12-24(2)18-19-26/h3-19H2,1-2H3,(H2,21,22,23). The molecule has 0 aromatic rings. The molecule has 2 N–H and O–H groups in total. The number of hydrogen-bond acceptors (Lipinski definition) is 4. The molecule has 0 aromatic heterocycles. The Morgan fingerprint density at radius 3 is 1.92 bits per heavy atom. The van der Waals surface area contributed by atoms with Crippen LogP contribution in [0.2, 0.25) is 0 Å². The average Bonchev–Trinajstić information content (AvgIpc) is 3.03. The van der Waals surface area contributed by atoms with Crippen molar-refractivity contribution >= 4 is 5.96 Å². The summed E-state index contributed by atoms with van der Waals surface area (Å²) in [7, 11) is 4.10. The molecule has 0 spiro atoms. The molecule has 0 radical (unpaired) electrons. The van der Waals surface area contributed by atoms with Crippen LogP contribution < -0.4 is 10.6 Å². The van der Waals surface area contributed by atoms with Crippen molar-refractivity contribution in [3.8, 4) is 0 Å². The maximum atomic E-state index is 4.36. The summed E-state index contributed by atoms with van der Waals surface area (Å²) in [5.41, 5.74) is 0. The van der Waals surface area contributed by atoms with Gasteiger partial charge in [0.05, 0.1) is 0 Å². The summed E-state index contributed by atoms with van der Waals surface area (Å²) in [6.45, 7) is 11.9. The number of nitrogens with zero attached hydrogens (tertiary/aromatic N) is 4. The van der Waals surface area contributed by atoms with Gasteiger partial charge in [0.25, 0.3) is 0 Å². The lowest BCUT2D eigenvalue weighted by atomic mass is 10.2. The van der Waals surface area contributed by atoms with Gasteiger partial charge in [0.15, 0.2) is 5.96 Å². The van der Waals surface area contributed by atoms with Crippen LogP contribution in [0.15, 0.2) is 4.99 Å². The third-order valence-corrected chi connectivity index (χ3v) is 5.62. The van der Waals surface area contributed by atoms with Crippen molar-refractivity contribution in [1.29, 1.82) is 0 Å². The zero-order chi connectivity index (χ0) is 18.5. The molecule has 2 rings (SSSR count). The number of likely N-dealkylation sites (N-methyl/N-ethyl adjacent to an activating group) is 1. The van der Waals surface area contributed by atoms with E-state index >= 15 is 0 Å². The Morgan fingerprint density at radius 1 is 0.731 bits per heavy atom. The largest absolute Gasteiger partial charge is 0.356 e. The first-order chi connectivity index (χ1) is 12.8. The van der Waals surface area contributed by atoms with E-state index in [-0.39, 0.29) is 0 Å². The van der Waals surface area contributed by atoms with Crippen LogP contribution in [0.3, 0.4) is 0 Å². The van der Waals surface area contributed by atoms with Crippen LogP contribution in [-0.4, -0.2) is 100 Å². The van der Waals surface area contributed by atoms with Crippen LogP contribution in [0.25, 0.3) is 0 Å². The highest BCUT2D eigenvalue weighted by Crippen LogP contribution is 2.09. The Labute approximate surface area is 161 Å². The molecule has 6 nitrogen and oxygen atoms in total. The Bertz CT molecular complexity index is 378. The quantitative estimate of drug-likeness (QED) is 0.387. The summed E-state index contributed by atoms with van der Waals surface area (Å²) in [5.74, 6) is 0.955. The van der Waals surface area contributed by atoms with Crippen molar-refractivity contribution in [2.45, 2.75) is 44.9 Å². The van der Waals surface area contributed by atoms with Crippen LogP contribution in [0.1, 0.15) is 44.9 Å². The summed E-state index contributed by atoms with van der Waals surface area (Å²) in [6, 6.07) is 0. The van der Waals surface area contributed by atoms with Gasteiger partial charge in [0, 0.05) is 33.2 Å². The smallest absolute Gasteiger partial charge is 0.190 e. The van der Waals surface area contributed by atoms with Crippen LogP contribution in [0.5, 0.6) is 0 Å². The minimum absolute atomic E-state index is 0.955. The summed E-state index contributed by atoms with van der Waals surface area (Å²) < 4.78 is 0. The highest BCUT2D eigenvalue weighted by molar-refractivity contribution is 5.79. The lowest BCUT2D eigenvalue weighted by Crippen LogP contribution is -2.40. The number of likely N-dealkylation sites (tertiary alicyclic amines) is 1. The van der Waals surface area contributed by atoms with Crippen molar-refractivity contribution in [3.63, 3.8) is 0 Å². The zero-order valence-electron chi connectivity index (χ0n) is 17.3. The molecule has 0 aliphatic carbocycles. The molecule has 0 bridgehead atoms. The second-order valence-corrected chi connectivity index (χ2v) is 7.89. The average molecular weight is 367 g/mol. The van der Waals surface area contributed by atoms with Gasteiger partial charge >= 0.3 is 0 Å².